The summed E-state index contributed by atoms with van der Waals surface area (Å²) in [5, 5.41) is 4.38. The maximum Gasteiger partial charge on any atom is 0.271 e. The number of fused-ring (bicyclic) bond motifs is 2. The highest BCUT2D eigenvalue weighted by molar-refractivity contribution is 7.91. The quantitative estimate of drug-likeness (QED) is 0.348. The minimum absolute atomic E-state index is 0.0712. The molecule has 4 N–H and O–H groups in total. The molecule has 0 atom stereocenters. The Labute approximate surface area is 186 Å². The average Bonchev–Trinajstić information content (AvgIpc) is 3.24. The van der Waals surface area contributed by atoms with Crippen LogP contribution in [0.15, 0.2) is 75.5 Å². The topological polar surface area (TPSA) is 136 Å². The van der Waals surface area contributed by atoms with Crippen molar-refractivity contribution in [3.05, 3.63) is 77.1 Å². The van der Waals surface area contributed by atoms with E-state index < -0.39 is 31.0 Å². The van der Waals surface area contributed by atoms with E-state index in [0.29, 0.717) is 5.39 Å². The van der Waals surface area contributed by atoms with Crippen LogP contribution in [0.1, 0.15) is 0 Å². The molecular weight excluding hydrogens is 447 g/mol. The highest BCUT2D eigenvalue weighted by atomic mass is 32.2. The number of nitrogen functional groups attached to an aromatic ring is 1. The lowest BCUT2D eigenvalue weighted by molar-refractivity contribution is 0.566. The van der Waals surface area contributed by atoms with Gasteiger partial charge >= 0.3 is 0 Å². The molecule has 9 nitrogen and oxygen atoms in total. The van der Waals surface area contributed by atoms with Crippen molar-refractivity contribution >= 4 is 49.1 Å². The summed E-state index contributed by atoms with van der Waals surface area (Å²) in [6.45, 7) is 0. The number of nitrogens with zero attached hydrogens (tertiary/aromatic N) is 3. The third-order valence-corrected chi connectivity index (χ3v) is 7.04. The van der Waals surface area contributed by atoms with Crippen molar-refractivity contribution in [2.45, 2.75) is 9.79 Å². The van der Waals surface area contributed by atoms with Crippen LogP contribution in [-0.2, 0) is 16.9 Å². The number of halogens is 1. The molecular formula is C22H17FN6O3S. The lowest BCUT2D eigenvalue weighted by Crippen LogP contribution is -2.25. The summed E-state index contributed by atoms with van der Waals surface area (Å²) in [5.41, 5.74) is 6.68. The van der Waals surface area contributed by atoms with Crippen LogP contribution < -0.4 is 16.6 Å². The van der Waals surface area contributed by atoms with Gasteiger partial charge in [0.1, 0.15) is 21.3 Å². The van der Waals surface area contributed by atoms with Gasteiger partial charge in [0, 0.05) is 47.1 Å². The van der Waals surface area contributed by atoms with Crippen LogP contribution >= 0.6 is 0 Å². The van der Waals surface area contributed by atoms with Gasteiger partial charge in [0.25, 0.3) is 5.56 Å². The SMILES string of the molecule is Cn1c(=O)c(S(=O)(=O)c2ccc(N)cc2F)cc2cnc(Nc3ccc4[nH]ccc4c3)nc21. The van der Waals surface area contributed by atoms with Crippen LogP contribution in [-0.4, -0.2) is 27.9 Å². The number of rotatable bonds is 4. The van der Waals surface area contributed by atoms with Gasteiger partial charge in [-0.2, -0.15) is 4.98 Å². The van der Waals surface area contributed by atoms with Gasteiger partial charge in [0.2, 0.25) is 15.8 Å². The fourth-order valence-corrected chi connectivity index (χ4v) is 5.03. The number of nitrogens with one attached hydrogen (secondary N) is 2. The van der Waals surface area contributed by atoms with Crippen molar-refractivity contribution in [2.75, 3.05) is 11.1 Å². The first-order chi connectivity index (χ1) is 15.7. The molecule has 11 heteroatoms. The van der Waals surface area contributed by atoms with Crippen LogP contribution in [0.3, 0.4) is 0 Å². The van der Waals surface area contributed by atoms with E-state index in [2.05, 4.69) is 20.3 Å². The molecule has 166 valence electrons. The Bertz CT molecular complexity index is 1730. The Morgan fingerprint density at radius 3 is 2.67 bits per heavy atom. The molecule has 0 saturated heterocycles. The van der Waals surface area contributed by atoms with Gasteiger partial charge in [0.15, 0.2) is 0 Å². The van der Waals surface area contributed by atoms with Gasteiger partial charge in [-0.25, -0.2) is 17.8 Å². The molecule has 3 heterocycles. The number of nitrogens with two attached hydrogens (primary N) is 1. The van der Waals surface area contributed by atoms with Gasteiger partial charge in [-0.05, 0) is 48.5 Å². The van der Waals surface area contributed by atoms with Crippen molar-refractivity contribution in [1.29, 1.82) is 0 Å². The smallest absolute Gasteiger partial charge is 0.271 e. The van der Waals surface area contributed by atoms with Gasteiger partial charge < -0.3 is 16.0 Å². The Morgan fingerprint density at radius 2 is 1.88 bits per heavy atom. The zero-order valence-electron chi connectivity index (χ0n) is 17.2. The monoisotopic (exact) mass is 464 g/mol. The number of aryl methyl sites for hydroxylation is 1. The predicted octanol–water partition coefficient (Wildman–Crippen LogP) is 3.11. The summed E-state index contributed by atoms with van der Waals surface area (Å²) < 4.78 is 41.5. The third kappa shape index (κ3) is 3.48. The van der Waals surface area contributed by atoms with Crippen LogP contribution in [0, 0.1) is 5.82 Å². The van der Waals surface area contributed by atoms with Crippen molar-refractivity contribution < 1.29 is 12.8 Å². The summed E-state index contributed by atoms with van der Waals surface area (Å²) in [7, 11) is -3.05. The molecule has 0 unspecified atom stereocenters. The maximum absolute atomic E-state index is 14.3. The van der Waals surface area contributed by atoms with E-state index in [4.69, 9.17) is 5.73 Å². The number of pyridine rings is 1. The van der Waals surface area contributed by atoms with E-state index in [1.165, 1.54) is 19.3 Å². The molecule has 0 radical (unpaired) electrons. The van der Waals surface area contributed by atoms with Crippen molar-refractivity contribution in [2.24, 2.45) is 7.05 Å². The second-order valence-electron chi connectivity index (χ2n) is 7.44. The number of anilines is 3. The zero-order chi connectivity index (χ0) is 23.3. The molecule has 0 spiro atoms. The van der Waals surface area contributed by atoms with Gasteiger partial charge in [-0.3, -0.25) is 9.36 Å². The normalized spacial score (nSPS) is 11.8. The number of benzene rings is 2. The second-order valence-corrected chi connectivity index (χ2v) is 9.33. The number of sulfone groups is 1. The first-order valence-corrected chi connectivity index (χ1v) is 11.2. The maximum atomic E-state index is 14.3. The van der Waals surface area contributed by atoms with Crippen LogP contribution in [0.2, 0.25) is 0 Å². The molecule has 0 bridgehead atoms. The second kappa shape index (κ2) is 7.41. The summed E-state index contributed by atoms with van der Waals surface area (Å²) in [6, 6.07) is 11.9. The molecule has 0 saturated carbocycles. The van der Waals surface area contributed by atoms with E-state index in [1.54, 1.807) is 0 Å². The molecule has 0 amide bonds. The molecule has 2 aromatic carbocycles. The lowest BCUT2D eigenvalue weighted by atomic mass is 10.2. The average molecular weight is 464 g/mol. The summed E-state index contributed by atoms with van der Waals surface area (Å²) in [4.78, 5) is 23.4. The first-order valence-electron chi connectivity index (χ1n) is 9.75. The van der Waals surface area contributed by atoms with Gasteiger partial charge in [-0.15, -0.1) is 0 Å². The fourth-order valence-electron chi connectivity index (χ4n) is 3.58. The minimum atomic E-state index is -4.44. The van der Waals surface area contributed by atoms with Crippen molar-refractivity contribution in [3.8, 4) is 0 Å². The number of hydrogen-bond acceptors (Lipinski definition) is 7. The van der Waals surface area contributed by atoms with Crippen molar-refractivity contribution in [1.82, 2.24) is 19.5 Å². The molecule has 0 aliphatic heterocycles. The van der Waals surface area contributed by atoms with E-state index in [-0.39, 0.29) is 17.3 Å². The van der Waals surface area contributed by atoms with Crippen molar-refractivity contribution in [3.63, 3.8) is 0 Å². The van der Waals surface area contributed by atoms with Crippen LogP contribution in [0.25, 0.3) is 21.9 Å². The summed E-state index contributed by atoms with van der Waals surface area (Å²) in [6.07, 6.45) is 3.23. The van der Waals surface area contributed by atoms with Crippen LogP contribution in [0.5, 0.6) is 0 Å². The number of H-pyrrole nitrogens is 1. The Kier molecular flexibility index (Phi) is 4.64. The molecule has 0 aliphatic carbocycles. The van der Waals surface area contributed by atoms with Gasteiger partial charge in [0.05, 0.1) is 0 Å². The minimum Gasteiger partial charge on any atom is -0.399 e. The lowest BCUT2D eigenvalue weighted by Gasteiger charge is -2.11. The Morgan fingerprint density at radius 1 is 1.06 bits per heavy atom. The Hall–Kier alpha value is -4.25. The Balaban J connectivity index is 1.58. The van der Waals surface area contributed by atoms with Crippen LogP contribution in [0.4, 0.5) is 21.7 Å². The largest absolute Gasteiger partial charge is 0.399 e. The number of aromatic nitrogens is 4. The van der Waals surface area contributed by atoms with E-state index in [1.807, 2.05) is 30.5 Å². The highest BCUT2D eigenvalue weighted by Crippen LogP contribution is 2.25. The zero-order valence-corrected chi connectivity index (χ0v) is 18.0. The molecule has 5 rings (SSSR count). The van der Waals surface area contributed by atoms with E-state index in [0.717, 1.165) is 39.4 Å². The molecule has 3 aromatic heterocycles. The molecule has 0 fully saturated rings. The van der Waals surface area contributed by atoms with E-state index >= 15 is 0 Å². The van der Waals surface area contributed by atoms with Gasteiger partial charge in [-0.1, -0.05) is 0 Å². The summed E-state index contributed by atoms with van der Waals surface area (Å²) in [5.74, 6) is -0.806. The first kappa shape index (κ1) is 20.6. The molecule has 0 aliphatic rings. The molecule has 33 heavy (non-hydrogen) atoms. The van der Waals surface area contributed by atoms with E-state index in [9.17, 15) is 17.6 Å². The number of hydrogen-bond donors (Lipinski definition) is 3. The standard InChI is InChI=1S/C22H17FN6O3S/c1-29-20-13(9-19(21(29)30)33(31,32)18-5-2-14(24)10-16(18)23)11-26-22(28-20)27-15-3-4-17-12(8-15)6-7-25-17/h2-11,25H,24H2,1H3,(H,26,27,28). The predicted molar refractivity (Wildman–Crippen MR) is 123 cm³/mol. The number of aromatic amines is 1. The fraction of sp³-hybridized carbons (Fsp3) is 0.0455. The highest BCUT2D eigenvalue weighted by Gasteiger charge is 2.27. The summed E-state index contributed by atoms with van der Waals surface area (Å²) >= 11 is 0. The molecule has 5 aromatic rings. The third-order valence-electron chi connectivity index (χ3n) is 5.26.